The Bertz CT molecular complexity index is 139. The van der Waals surface area contributed by atoms with Crippen LogP contribution < -0.4 is 0 Å². The van der Waals surface area contributed by atoms with Crippen molar-refractivity contribution in [3.63, 3.8) is 0 Å². The molecule has 1 aliphatic rings. The number of rotatable bonds is 2. The fourth-order valence-corrected chi connectivity index (χ4v) is 2.56. The Morgan fingerprint density at radius 1 is 1.50 bits per heavy atom. The zero-order valence-electron chi connectivity index (χ0n) is 6.30. The molecule has 0 amide bonds. The highest BCUT2D eigenvalue weighted by molar-refractivity contribution is 7.80. The van der Waals surface area contributed by atoms with Crippen molar-refractivity contribution in [2.75, 3.05) is 0 Å². The van der Waals surface area contributed by atoms with Gasteiger partial charge in [0.25, 0.3) is 0 Å². The lowest BCUT2D eigenvalue weighted by Crippen LogP contribution is -2.29. The first-order chi connectivity index (χ1) is 4.71. The topological polar surface area (TPSA) is 37.3 Å². The Morgan fingerprint density at radius 2 is 2.00 bits per heavy atom. The molecule has 0 saturated heterocycles. The van der Waals surface area contributed by atoms with Crippen molar-refractivity contribution in [2.45, 2.75) is 43.8 Å². The van der Waals surface area contributed by atoms with Gasteiger partial charge in [-0.3, -0.25) is 0 Å². The average Bonchev–Trinajstić information content (AvgIpc) is 2.35. The maximum absolute atomic E-state index is 10.9. The van der Waals surface area contributed by atoms with Gasteiger partial charge in [0.15, 0.2) is 11.1 Å². The van der Waals surface area contributed by atoms with Crippen molar-refractivity contribution in [1.82, 2.24) is 0 Å². The van der Waals surface area contributed by atoms with E-state index in [1.54, 1.807) is 0 Å². The normalized spacial score (nSPS) is 26.6. The van der Waals surface area contributed by atoms with Crippen LogP contribution in [-0.2, 0) is 11.1 Å². The first-order valence-corrected chi connectivity index (χ1v) is 4.93. The molecular formula is C7H14O2S. The summed E-state index contributed by atoms with van der Waals surface area (Å²) in [6, 6.07) is 0. The molecule has 1 saturated carbocycles. The van der Waals surface area contributed by atoms with Crippen LogP contribution in [0.4, 0.5) is 0 Å². The van der Waals surface area contributed by atoms with Gasteiger partial charge in [-0.1, -0.05) is 19.8 Å². The fraction of sp³-hybridized carbons (Fsp3) is 1.00. The van der Waals surface area contributed by atoms with Crippen molar-refractivity contribution in [3.8, 4) is 0 Å². The maximum atomic E-state index is 10.9. The van der Waals surface area contributed by atoms with Crippen LogP contribution in [0.1, 0.15) is 39.0 Å². The van der Waals surface area contributed by atoms with Crippen LogP contribution in [0.25, 0.3) is 0 Å². The van der Waals surface area contributed by atoms with Gasteiger partial charge in [0, 0.05) is 0 Å². The Balaban J connectivity index is 2.67. The van der Waals surface area contributed by atoms with Crippen LogP contribution in [0.2, 0.25) is 0 Å². The molecule has 1 rings (SSSR count). The summed E-state index contributed by atoms with van der Waals surface area (Å²) < 4.78 is 19.6. The van der Waals surface area contributed by atoms with E-state index in [9.17, 15) is 4.21 Å². The molecule has 0 aromatic heterocycles. The van der Waals surface area contributed by atoms with Crippen molar-refractivity contribution in [2.24, 2.45) is 0 Å². The predicted molar refractivity (Wildman–Crippen MR) is 42.3 cm³/mol. The molecule has 0 radical (unpaired) electrons. The van der Waals surface area contributed by atoms with Crippen LogP contribution in [0.5, 0.6) is 0 Å². The SMILES string of the molecule is CCC1(S(=O)O)CCCC1. The lowest BCUT2D eigenvalue weighted by atomic mass is 10.0. The number of hydrogen-bond donors (Lipinski definition) is 1. The fourth-order valence-electron chi connectivity index (χ4n) is 1.67. The summed E-state index contributed by atoms with van der Waals surface area (Å²) in [5.74, 6) is 0. The van der Waals surface area contributed by atoms with Crippen LogP contribution in [0, 0.1) is 0 Å². The van der Waals surface area contributed by atoms with Crippen LogP contribution in [-0.4, -0.2) is 13.5 Å². The van der Waals surface area contributed by atoms with Gasteiger partial charge in [-0.2, -0.15) is 0 Å². The van der Waals surface area contributed by atoms with Crippen LogP contribution in [0.3, 0.4) is 0 Å². The molecule has 3 heteroatoms. The zero-order valence-corrected chi connectivity index (χ0v) is 7.12. The summed E-state index contributed by atoms with van der Waals surface area (Å²) in [6.07, 6.45) is 4.97. The second-order valence-corrected chi connectivity index (χ2v) is 4.36. The molecule has 60 valence electrons. The van der Waals surface area contributed by atoms with Crippen molar-refractivity contribution in [3.05, 3.63) is 0 Å². The minimum atomic E-state index is -1.60. The molecule has 1 atom stereocenters. The number of hydrogen-bond acceptors (Lipinski definition) is 1. The third kappa shape index (κ3) is 1.25. The molecule has 0 spiro atoms. The molecule has 1 N–H and O–H groups in total. The second kappa shape index (κ2) is 3.01. The summed E-state index contributed by atoms with van der Waals surface area (Å²) in [7, 11) is 0. The molecule has 0 aliphatic heterocycles. The van der Waals surface area contributed by atoms with Gasteiger partial charge < -0.3 is 4.55 Å². The first-order valence-electron chi connectivity index (χ1n) is 3.82. The van der Waals surface area contributed by atoms with E-state index in [4.69, 9.17) is 4.55 Å². The summed E-state index contributed by atoms with van der Waals surface area (Å²) in [5, 5.41) is 0. The Morgan fingerprint density at radius 3 is 2.20 bits per heavy atom. The Kier molecular flexibility index (Phi) is 2.47. The van der Waals surface area contributed by atoms with E-state index in [0.717, 1.165) is 32.1 Å². The monoisotopic (exact) mass is 162 g/mol. The molecule has 10 heavy (non-hydrogen) atoms. The first kappa shape index (κ1) is 8.21. The molecule has 0 aromatic rings. The summed E-state index contributed by atoms with van der Waals surface area (Å²) in [4.78, 5) is 0. The zero-order chi connectivity index (χ0) is 7.61. The smallest absolute Gasteiger partial charge is 0.159 e. The molecular weight excluding hydrogens is 148 g/mol. The van der Waals surface area contributed by atoms with Gasteiger partial charge in [0.2, 0.25) is 0 Å². The van der Waals surface area contributed by atoms with E-state index in [0.29, 0.717) is 0 Å². The lowest BCUT2D eigenvalue weighted by molar-refractivity contribution is 0.477. The highest BCUT2D eigenvalue weighted by Gasteiger charge is 2.37. The molecule has 0 aromatic carbocycles. The molecule has 1 fully saturated rings. The van der Waals surface area contributed by atoms with E-state index < -0.39 is 11.1 Å². The largest absolute Gasteiger partial charge is 0.306 e. The molecule has 0 bridgehead atoms. The predicted octanol–water partition coefficient (Wildman–Crippen LogP) is 1.93. The van der Waals surface area contributed by atoms with E-state index in [1.165, 1.54) is 0 Å². The Hall–Kier alpha value is 0.110. The quantitative estimate of drug-likeness (QED) is 0.630. The summed E-state index contributed by atoms with van der Waals surface area (Å²) in [5.41, 5.74) is 0. The molecule has 2 nitrogen and oxygen atoms in total. The van der Waals surface area contributed by atoms with Gasteiger partial charge in [-0.15, -0.1) is 0 Å². The van der Waals surface area contributed by atoms with E-state index >= 15 is 0 Å². The molecule has 1 unspecified atom stereocenters. The van der Waals surface area contributed by atoms with Crippen molar-refractivity contribution in [1.29, 1.82) is 0 Å². The van der Waals surface area contributed by atoms with E-state index in [-0.39, 0.29) is 4.75 Å². The summed E-state index contributed by atoms with van der Waals surface area (Å²) >= 11 is -1.60. The van der Waals surface area contributed by atoms with Gasteiger partial charge in [-0.05, 0) is 19.3 Å². The maximum Gasteiger partial charge on any atom is 0.159 e. The molecule has 0 heterocycles. The van der Waals surface area contributed by atoms with Gasteiger partial charge >= 0.3 is 0 Å². The lowest BCUT2D eigenvalue weighted by Gasteiger charge is -2.21. The molecule has 1 aliphatic carbocycles. The third-order valence-electron chi connectivity index (χ3n) is 2.53. The van der Waals surface area contributed by atoms with Crippen LogP contribution >= 0.6 is 0 Å². The minimum Gasteiger partial charge on any atom is -0.306 e. The third-order valence-corrected chi connectivity index (χ3v) is 3.97. The van der Waals surface area contributed by atoms with Crippen LogP contribution in [0.15, 0.2) is 0 Å². The minimum absolute atomic E-state index is 0.236. The van der Waals surface area contributed by atoms with Crippen molar-refractivity contribution < 1.29 is 8.76 Å². The van der Waals surface area contributed by atoms with Gasteiger partial charge in [-0.25, -0.2) is 4.21 Å². The van der Waals surface area contributed by atoms with Crippen molar-refractivity contribution >= 4 is 11.1 Å². The van der Waals surface area contributed by atoms with Gasteiger partial charge in [0.1, 0.15) is 0 Å². The van der Waals surface area contributed by atoms with E-state index in [1.807, 2.05) is 6.92 Å². The highest BCUT2D eigenvalue weighted by atomic mass is 32.2. The average molecular weight is 162 g/mol. The Labute approximate surface area is 64.3 Å². The highest BCUT2D eigenvalue weighted by Crippen LogP contribution is 2.36. The standard InChI is InChI=1S/C7H14O2S/c1-2-7(10(8)9)5-3-4-6-7/h2-6H2,1H3,(H,8,9). The second-order valence-electron chi connectivity index (χ2n) is 2.99. The van der Waals surface area contributed by atoms with Gasteiger partial charge in [0.05, 0.1) is 4.75 Å². The van der Waals surface area contributed by atoms with E-state index in [2.05, 4.69) is 0 Å². The summed E-state index contributed by atoms with van der Waals surface area (Å²) in [6.45, 7) is 2.00.